The summed E-state index contributed by atoms with van der Waals surface area (Å²) in [5, 5.41) is 5.30. The van der Waals surface area contributed by atoms with Crippen molar-refractivity contribution >= 4 is 27.7 Å². The molecule has 2 aromatic carbocycles. The average molecular weight is 402 g/mol. The Balaban J connectivity index is 1.58. The molecule has 1 amide bonds. The molecule has 0 aliphatic carbocycles. The minimum absolute atomic E-state index is 0.0212. The van der Waals surface area contributed by atoms with E-state index in [2.05, 4.69) is 46.7 Å². The maximum absolute atomic E-state index is 12.2. The molecule has 1 atom stereocenters. The Morgan fingerprint density at radius 2 is 1.90 bits per heavy atom. The molecule has 4 rings (SSSR count). The molecule has 0 bridgehead atoms. The van der Waals surface area contributed by atoms with Gasteiger partial charge in [-0.05, 0) is 43.5 Å². The third-order valence-electron chi connectivity index (χ3n) is 5.32. The van der Waals surface area contributed by atoms with Gasteiger partial charge >= 0.3 is 0 Å². The second-order valence-corrected chi connectivity index (χ2v) is 7.69. The van der Waals surface area contributed by atoms with Crippen molar-refractivity contribution in [2.24, 2.45) is 0 Å². The first-order valence-corrected chi connectivity index (χ1v) is 10.4. The van der Waals surface area contributed by atoms with Gasteiger partial charge in [-0.1, -0.05) is 42.5 Å². The van der Waals surface area contributed by atoms with E-state index in [0.717, 1.165) is 40.6 Å². The van der Waals surface area contributed by atoms with Gasteiger partial charge in [0.25, 0.3) is 0 Å². The largest absolute Gasteiger partial charge is 0.383 e. The minimum Gasteiger partial charge on any atom is -0.383 e. The molecule has 5 heteroatoms. The van der Waals surface area contributed by atoms with Crippen molar-refractivity contribution in [2.45, 2.75) is 32.2 Å². The van der Waals surface area contributed by atoms with Crippen LogP contribution >= 0.6 is 0 Å². The van der Waals surface area contributed by atoms with Gasteiger partial charge in [0.15, 0.2) is 0 Å². The average Bonchev–Trinajstić information content (AvgIpc) is 3.12. The van der Waals surface area contributed by atoms with E-state index >= 15 is 0 Å². The lowest BCUT2D eigenvalue weighted by atomic mass is 10.0. The number of carbonyl (C=O) groups excluding carboxylic acids is 1. The standard InChI is InChI=1S/C25H27N3O2/c1-17(16-30-2)26-24(29)13-7-10-20-19-9-4-6-12-22(19)28-25(20)23-15-14-18-8-3-5-11-21(18)27-23/h3-6,8-9,11-12,14-15,17,28H,7,10,13,16H2,1-2H3,(H,26,29). The Bertz CT molecular complexity index is 1170. The number of nitrogens with zero attached hydrogens (tertiary/aromatic N) is 1. The van der Waals surface area contributed by atoms with Crippen molar-refractivity contribution in [1.29, 1.82) is 0 Å². The molecule has 0 aliphatic rings. The van der Waals surface area contributed by atoms with Gasteiger partial charge in [-0.3, -0.25) is 4.79 Å². The van der Waals surface area contributed by atoms with E-state index in [4.69, 9.17) is 9.72 Å². The summed E-state index contributed by atoms with van der Waals surface area (Å²) < 4.78 is 5.09. The molecule has 4 aromatic rings. The molecule has 2 aromatic heterocycles. The summed E-state index contributed by atoms with van der Waals surface area (Å²) in [5.74, 6) is 0.0600. The highest BCUT2D eigenvalue weighted by Crippen LogP contribution is 2.31. The third-order valence-corrected chi connectivity index (χ3v) is 5.32. The number of hydrogen-bond acceptors (Lipinski definition) is 3. The second kappa shape index (κ2) is 9.09. The molecule has 5 nitrogen and oxygen atoms in total. The van der Waals surface area contributed by atoms with Gasteiger partial charge in [-0.15, -0.1) is 0 Å². The zero-order chi connectivity index (χ0) is 20.9. The molecular formula is C25H27N3O2. The highest BCUT2D eigenvalue weighted by Gasteiger charge is 2.15. The predicted molar refractivity (Wildman–Crippen MR) is 121 cm³/mol. The van der Waals surface area contributed by atoms with Crippen molar-refractivity contribution in [2.75, 3.05) is 13.7 Å². The minimum atomic E-state index is 0.0212. The van der Waals surface area contributed by atoms with Gasteiger partial charge in [0.05, 0.1) is 23.5 Å². The number of amides is 1. The van der Waals surface area contributed by atoms with Crippen LogP contribution in [-0.2, 0) is 16.0 Å². The number of carbonyl (C=O) groups is 1. The number of benzene rings is 2. The van der Waals surface area contributed by atoms with E-state index in [1.807, 2.05) is 31.2 Å². The molecule has 0 spiro atoms. The predicted octanol–water partition coefficient (Wildman–Crippen LogP) is 4.86. The number of H-pyrrole nitrogens is 1. The number of aryl methyl sites for hydroxylation is 1. The molecule has 0 saturated heterocycles. The first-order chi connectivity index (χ1) is 14.7. The molecule has 0 aliphatic heterocycles. The van der Waals surface area contributed by atoms with Gasteiger partial charge in [-0.25, -0.2) is 4.98 Å². The van der Waals surface area contributed by atoms with Crippen molar-refractivity contribution in [3.63, 3.8) is 0 Å². The zero-order valence-electron chi connectivity index (χ0n) is 17.4. The third kappa shape index (κ3) is 4.36. The monoisotopic (exact) mass is 401 g/mol. The first kappa shape index (κ1) is 20.1. The summed E-state index contributed by atoms with van der Waals surface area (Å²) in [6.07, 6.45) is 2.06. The fourth-order valence-corrected chi connectivity index (χ4v) is 3.95. The van der Waals surface area contributed by atoms with Gasteiger partial charge < -0.3 is 15.0 Å². The molecule has 154 valence electrons. The van der Waals surface area contributed by atoms with Crippen LogP contribution in [0.2, 0.25) is 0 Å². The number of aromatic amines is 1. The first-order valence-electron chi connectivity index (χ1n) is 10.4. The van der Waals surface area contributed by atoms with Crippen LogP contribution in [0.5, 0.6) is 0 Å². The lowest BCUT2D eigenvalue weighted by molar-refractivity contribution is -0.122. The van der Waals surface area contributed by atoms with Crippen LogP contribution in [0.15, 0.2) is 60.7 Å². The van der Waals surface area contributed by atoms with Crippen LogP contribution in [0.1, 0.15) is 25.3 Å². The zero-order valence-corrected chi connectivity index (χ0v) is 17.4. The number of methoxy groups -OCH3 is 1. The van der Waals surface area contributed by atoms with Gasteiger partial charge in [0.2, 0.25) is 5.91 Å². The summed E-state index contributed by atoms with van der Waals surface area (Å²) >= 11 is 0. The maximum atomic E-state index is 12.2. The number of para-hydroxylation sites is 2. The van der Waals surface area contributed by atoms with Crippen molar-refractivity contribution in [3.8, 4) is 11.4 Å². The number of pyridine rings is 1. The van der Waals surface area contributed by atoms with Gasteiger partial charge in [0.1, 0.15) is 0 Å². The Morgan fingerprint density at radius 3 is 2.77 bits per heavy atom. The molecule has 0 radical (unpaired) electrons. The fraction of sp³-hybridized carbons (Fsp3) is 0.280. The topological polar surface area (TPSA) is 67.0 Å². The van der Waals surface area contributed by atoms with Crippen LogP contribution in [0.3, 0.4) is 0 Å². The second-order valence-electron chi connectivity index (χ2n) is 7.69. The van der Waals surface area contributed by atoms with Crippen LogP contribution in [-0.4, -0.2) is 35.6 Å². The van der Waals surface area contributed by atoms with E-state index in [9.17, 15) is 4.79 Å². The molecule has 2 N–H and O–H groups in total. The van der Waals surface area contributed by atoms with E-state index in [0.29, 0.717) is 13.0 Å². The number of nitrogens with one attached hydrogen (secondary N) is 2. The fourth-order valence-electron chi connectivity index (χ4n) is 3.95. The molecular weight excluding hydrogens is 374 g/mol. The van der Waals surface area contributed by atoms with Crippen LogP contribution in [0.25, 0.3) is 33.2 Å². The van der Waals surface area contributed by atoms with E-state index < -0.39 is 0 Å². The molecule has 2 heterocycles. The Labute approximate surface area is 176 Å². The molecule has 30 heavy (non-hydrogen) atoms. The summed E-state index contributed by atoms with van der Waals surface area (Å²) in [7, 11) is 1.64. The number of rotatable bonds is 8. The van der Waals surface area contributed by atoms with E-state index in [-0.39, 0.29) is 11.9 Å². The van der Waals surface area contributed by atoms with Crippen molar-refractivity contribution < 1.29 is 9.53 Å². The number of fused-ring (bicyclic) bond motifs is 2. The molecule has 0 saturated carbocycles. The lowest BCUT2D eigenvalue weighted by Crippen LogP contribution is -2.35. The van der Waals surface area contributed by atoms with Crippen LogP contribution in [0.4, 0.5) is 0 Å². The van der Waals surface area contributed by atoms with Crippen LogP contribution in [0, 0.1) is 0 Å². The maximum Gasteiger partial charge on any atom is 0.220 e. The molecule has 1 unspecified atom stereocenters. The summed E-state index contributed by atoms with van der Waals surface area (Å²) in [5.41, 5.74) is 5.25. The van der Waals surface area contributed by atoms with Gasteiger partial charge in [0, 0.05) is 35.9 Å². The number of hydrogen-bond donors (Lipinski definition) is 2. The number of aromatic nitrogens is 2. The number of ether oxygens (including phenoxy) is 1. The Hall–Kier alpha value is -3.18. The van der Waals surface area contributed by atoms with Gasteiger partial charge in [-0.2, -0.15) is 0 Å². The normalized spacial score (nSPS) is 12.3. The van der Waals surface area contributed by atoms with E-state index in [1.54, 1.807) is 7.11 Å². The highest BCUT2D eigenvalue weighted by atomic mass is 16.5. The lowest BCUT2D eigenvalue weighted by Gasteiger charge is -2.12. The smallest absolute Gasteiger partial charge is 0.220 e. The summed E-state index contributed by atoms with van der Waals surface area (Å²) in [4.78, 5) is 20.7. The quantitative estimate of drug-likeness (QED) is 0.443. The molecule has 0 fully saturated rings. The Morgan fingerprint density at radius 1 is 1.10 bits per heavy atom. The van der Waals surface area contributed by atoms with Crippen LogP contribution < -0.4 is 5.32 Å². The van der Waals surface area contributed by atoms with Crippen molar-refractivity contribution in [1.82, 2.24) is 15.3 Å². The van der Waals surface area contributed by atoms with E-state index in [1.165, 1.54) is 10.9 Å². The Kier molecular flexibility index (Phi) is 6.10. The van der Waals surface area contributed by atoms with Crippen molar-refractivity contribution in [3.05, 3.63) is 66.2 Å². The summed E-state index contributed by atoms with van der Waals surface area (Å²) in [6.45, 7) is 2.47. The summed E-state index contributed by atoms with van der Waals surface area (Å²) in [6, 6.07) is 20.6. The SMILES string of the molecule is COCC(C)NC(=O)CCCc1c(-c2ccc3ccccc3n2)[nH]c2ccccc12. The highest BCUT2D eigenvalue weighted by molar-refractivity contribution is 5.91.